The van der Waals surface area contributed by atoms with Crippen LogP contribution >= 0.6 is 11.3 Å². The van der Waals surface area contributed by atoms with Crippen LogP contribution in [-0.2, 0) is 19.3 Å². The third kappa shape index (κ3) is 4.95. The maximum Gasteiger partial charge on any atom is 0.135 e. The van der Waals surface area contributed by atoms with Gasteiger partial charge in [0.2, 0.25) is 0 Å². The Balaban J connectivity index is 0.952. The van der Waals surface area contributed by atoms with Gasteiger partial charge in [0.05, 0.1) is 5.52 Å². The van der Waals surface area contributed by atoms with Gasteiger partial charge in [-0.25, -0.2) is 0 Å². The molecule has 0 N–H and O–H groups in total. The van der Waals surface area contributed by atoms with E-state index in [0.29, 0.717) is 0 Å². The standard InChI is InChI=1S/C52H39NO2S/c1-31-43(33-18-24-50-45(27-33)41-13-5-8-16-49(41)55-50)26-32-10-2-3-11-37(32)38-22-20-35(29-44(31)38)54-36-21-23-40-39-12-4-7-15-47(39)53(48(40)30-36)34-19-25-52-46(28-34)42-14-6-9-17-51(42)56-52/h2-3,5-8,10-11,13-16,18-25,27-31,43H,4,9,12,17,26H2,1H3. The van der Waals surface area contributed by atoms with Crippen LogP contribution in [0.1, 0.15) is 70.0 Å². The molecule has 6 aromatic carbocycles. The van der Waals surface area contributed by atoms with Crippen LogP contribution in [0.15, 0.2) is 138 Å². The Morgan fingerprint density at radius 1 is 0.679 bits per heavy atom. The molecular formula is C52H39NO2S. The highest BCUT2D eigenvalue weighted by Gasteiger charge is 2.30. The summed E-state index contributed by atoms with van der Waals surface area (Å²) in [7, 11) is 0. The van der Waals surface area contributed by atoms with Crippen LogP contribution < -0.4 is 4.74 Å². The number of nitrogens with zero attached hydrogens (tertiary/aromatic N) is 1. The largest absolute Gasteiger partial charge is 0.457 e. The van der Waals surface area contributed by atoms with Crippen molar-refractivity contribution >= 4 is 66.4 Å². The van der Waals surface area contributed by atoms with E-state index in [4.69, 9.17) is 9.15 Å². The molecule has 0 amide bonds. The Kier molecular flexibility index (Phi) is 7.16. The van der Waals surface area contributed by atoms with Gasteiger partial charge >= 0.3 is 0 Å². The molecule has 56 heavy (non-hydrogen) atoms. The molecule has 4 heteroatoms. The Bertz CT molecular complexity index is 3130. The summed E-state index contributed by atoms with van der Waals surface area (Å²) in [5.74, 6) is 2.25. The van der Waals surface area contributed by atoms with Gasteiger partial charge in [0, 0.05) is 48.6 Å². The fourth-order valence-electron chi connectivity index (χ4n) is 9.97. The average Bonchev–Trinajstić information content (AvgIpc) is 3.89. The number of hydrogen-bond donors (Lipinski definition) is 0. The molecule has 2 unspecified atom stereocenters. The lowest BCUT2D eigenvalue weighted by Crippen LogP contribution is -2.10. The van der Waals surface area contributed by atoms with Gasteiger partial charge in [-0.2, -0.15) is 0 Å². The van der Waals surface area contributed by atoms with Gasteiger partial charge in [-0.15, -0.1) is 11.3 Å². The van der Waals surface area contributed by atoms with Gasteiger partial charge in [-0.05, 0) is 150 Å². The molecule has 0 aliphatic heterocycles. The molecule has 0 saturated carbocycles. The van der Waals surface area contributed by atoms with Gasteiger partial charge in [0.1, 0.15) is 22.7 Å². The number of allylic oxidation sites excluding steroid dienone is 2. The van der Waals surface area contributed by atoms with Crippen molar-refractivity contribution in [3.05, 3.63) is 172 Å². The van der Waals surface area contributed by atoms with Gasteiger partial charge in [-0.1, -0.05) is 79.7 Å². The Hall–Kier alpha value is -6.10. The zero-order valence-electron chi connectivity index (χ0n) is 31.2. The van der Waals surface area contributed by atoms with Crippen molar-refractivity contribution in [1.29, 1.82) is 0 Å². The third-order valence-electron chi connectivity index (χ3n) is 12.7. The minimum absolute atomic E-state index is 0.252. The number of ether oxygens (including phenoxy) is 1. The summed E-state index contributed by atoms with van der Waals surface area (Å²) in [6, 6.07) is 44.6. The maximum atomic E-state index is 6.87. The molecule has 0 fully saturated rings. The molecule has 0 bridgehead atoms. The van der Waals surface area contributed by atoms with E-state index in [-0.39, 0.29) is 11.8 Å². The van der Waals surface area contributed by atoms with E-state index in [0.717, 1.165) is 54.8 Å². The number of benzene rings is 6. The molecule has 3 nitrogen and oxygen atoms in total. The van der Waals surface area contributed by atoms with Gasteiger partial charge in [0.25, 0.3) is 0 Å². The van der Waals surface area contributed by atoms with Crippen molar-refractivity contribution in [3.63, 3.8) is 0 Å². The second kappa shape index (κ2) is 12.5. The molecule has 12 rings (SSSR count). The molecule has 270 valence electrons. The number of aryl methyl sites for hydroxylation is 2. The van der Waals surface area contributed by atoms with Gasteiger partial charge in [0.15, 0.2) is 0 Å². The zero-order chi connectivity index (χ0) is 36.9. The van der Waals surface area contributed by atoms with Crippen LogP contribution in [0.3, 0.4) is 0 Å². The Labute approximate surface area is 329 Å². The van der Waals surface area contributed by atoms with Gasteiger partial charge in [-0.3, -0.25) is 0 Å². The van der Waals surface area contributed by atoms with Crippen LogP contribution in [0.2, 0.25) is 0 Å². The molecule has 3 aliphatic rings. The average molecular weight is 742 g/mol. The minimum atomic E-state index is 0.252. The van der Waals surface area contributed by atoms with Crippen molar-refractivity contribution in [2.45, 2.75) is 50.9 Å². The molecule has 9 aromatic rings. The predicted molar refractivity (Wildman–Crippen MR) is 234 cm³/mol. The van der Waals surface area contributed by atoms with E-state index >= 15 is 0 Å². The first-order valence-corrected chi connectivity index (χ1v) is 20.8. The van der Waals surface area contributed by atoms with Crippen LogP contribution in [0.4, 0.5) is 0 Å². The van der Waals surface area contributed by atoms with Crippen LogP contribution in [0, 0.1) is 0 Å². The van der Waals surface area contributed by atoms with E-state index in [2.05, 4.69) is 151 Å². The summed E-state index contributed by atoms with van der Waals surface area (Å²) in [4.78, 5) is 1.51. The summed E-state index contributed by atoms with van der Waals surface area (Å²) in [6.07, 6.45) is 14.6. The first kappa shape index (κ1) is 32.2. The number of thiophene rings is 1. The fourth-order valence-corrected chi connectivity index (χ4v) is 11.2. The van der Waals surface area contributed by atoms with Crippen LogP contribution in [-0.4, -0.2) is 4.57 Å². The van der Waals surface area contributed by atoms with Gasteiger partial charge < -0.3 is 13.7 Å². The lowest BCUT2D eigenvalue weighted by Gasteiger charge is -2.24. The lowest BCUT2D eigenvalue weighted by atomic mass is 9.80. The van der Waals surface area contributed by atoms with Crippen molar-refractivity contribution in [2.24, 2.45) is 0 Å². The van der Waals surface area contributed by atoms with E-state index < -0.39 is 0 Å². The van der Waals surface area contributed by atoms with Crippen LogP contribution in [0.5, 0.6) is 11.5 Å². The second-order valence-corrected chi connectivity index (χ2v) is 17.0. The van der Waals surface area contributed by atoms with Crippen LogP contribution in [0.25, 0.3) is 71.9 Å². The number of furan rings is 1. The summed E-state index contributed by atoms with van der Waals surface area (Å²) in [5.41, 5.74) is 15.0. The molecule has 3 aliphatic carbocycles. The summed E-state index contributed by atoms with van der Waals surface area (Å²) in [6.45, 7) is 2.39. The molecule has 0 spiro atoms. The zero-order valence-corrected chi connectivity index (χ0v) is 32.0. The first-order chi connectivity index (χ1) is 27.6. The number of aromatic nitrogens is 1. The molecule has 3 aromatic heterocycles. The van der Waals surface area contributed by atoms with E-state index in [1.54, 1.807) is 0 Å². The predicted octanol–water partition coefficient (Wildman–Crippen LogP) is 14.6. The topological polar surface area (TPSA) is 27.3 Å². The van der Waals surface area contributed by atoms with E-state index in [1.807, 2.05) is 17.4 Å². The van der Waals surface area contributed by atoms with Crippen molar-refractivity contribution < 1.29 is 9.15 Å². The highest BCUT2D eigenvalue weighted by atomic mass is 32.1. The number of para-hydroxylation sites is 1. The maximum absolute atomic E-state index is 6.87. The molecule has 0 saturated heterocycles. The summed E-state index contributed by atoms with van der Waals surface area (Å²) in [5, 5.41) is 5.02. The molecule has 3 heterocycles. The molecule has 2 atom stereocenters. The summed E-state index contributed by atoms with van der Waals surface area (Å²) < 4.78 is 16.9. The SMILES string of the molecule is CC1c2cc(Oc3ccc4c5c(n(-c6ccc7sc8c(c7c6)C=CCC8)c4c3)C=CCC5)ccc2-c2ccccc2CC1c1ccc2oc3ccccc3c2c1. The van der Waals surface area contributed by atoms with E-state index in [1.165, 1.54) is 87.0 Å². The fraction of sp³-hybridized carbons (Fsp3) is 0.154. The highest BCUT2D eigenvalue weighted by Crippen LogP contribution is 2.48. The Morgan fingerprint density at radius 3 is 2.50 bits per heavy atom. The van der Waals surface area contributed by atoms with Crippen molar-refractivity contribution in [3.8, 4) is 28.3 Å². The molecule has 0 radical (unpaired) electrons. The quantitative estimate of drug-likeness (QED) is 0.180. The van der Waals surface area contributed by atoms with Crippen molar-refractivity contribution in [1.82, 2.24) is 4.57 Å². The number of rotatable bonds is 4. The highest BCUT2D eigenvalue weighted by molar-refractivity contribution is 7.19. The number of fused-ring (bicyclic) bond motifs is 12. The Morgan fingerprint density at radius 2 is 1.52 bits per heavy atom. The van der Waals surface area contributed by atoms with Crippen molar-refractivity contribution in [2.75, 3.05) is 0 Å². The van der Waals surface area contributed by atoms with E-state index in [9.17, 15) is 0 Å². The number of hydrogen-bond acceptors (Lipinski definition) is 3. The second-order valence-electron chi connectivity index (χ2n) is 15.8. The smallest absolute Gasteiger partial charge is 0.135 e. The first-order valence-electron chi connectivity index (χ1n) is 20.0. The lowest BCUT2D eigenvalue weighted by molar-refractivity contribution is 0.481. The molecular weight excluding hydrogens is 703 g/mol. The third-order valence-corrected chi connectivity index (χ3v) is 14.0. The summed E-state index contributed by atoms with van der Waals surface area (Å²) >= 11 is 1.95. The monoisotopic (exact) mass is 741 g/mol. The minimum Gasteiger partial charge on any atom is -0.457 e. The normalized spacial score (nSPS) is 17.2.